The molecule has 3 heterocycles. The maximum Gasteiger partial charge on any atom is 0.252 e. The molecule has 2 aliphatic heterocycles. The van der Waals surface area contributed by atoms with E-state index in [4.69, 9.17) is 15.6 Å². The molecule has 1 saturated heterocycles. The van der Waals surface area contributed by atoms with Gasteiger partial charge in [-0.2, -0.15) is 4.40 Å². The molecule has 10 nitrogen and oxygen atoms in total. The summed E-state index contributed by atoms with van der Waals surface area (Å²) in [6, 6.07) is 9.04. The van der Waals surface area contributed by atoms with Crippen LogP contribution in [0.4, 0.5) is 11.5 Å². The van der Waals surface area contributed by atoms with Crippen LogP contribution in [0, 0.1) is 5.92 Å². The summed E-state index contributed by atoms with van der Waals surface area (Å²) in [5, 5.41) is 11.4. The third kappa shape index (κ3) is 5.00. The standard InChI is InChI=1S/C21H26N6O4S/c22-20-19-16(25-32(30)26-20)4-1-5-17(19)31-13-14-3-2-9-27(12-14)18-7-6-15(11-24-18)21(29)23-8-10-28/h1,4-7,11,14,25,28H,2-3,8-10,12-13H2,(H2,22,26)(H,23,29). The third-order valence-corrected chi connectivity index (χ3v) is 6.14. The van der Waals surface area contributed by atoms with Crippen LogP contribution in [0.3, 0.4) is 0 Å². The number of piperidine rings is 1. The Morgan fingerprint density at radius 3 is 3.03 bits per heavy atom. The molecule has 2 unspecified atom stereocenters. The number of nitrogens with two attached hydrogens (primary N) is 1. The molecular weight excluding hydrogens is 432 g/mol. The number of aromatic nitrogens is 1. The zero-order valence-corrected chi connectivity index (χ0v) is 18.3. The molecule has 1 aromatic carbocycles. The summed E-state index contributed by atoms with van der Waals surface area (Å²) in [4.78, 5) is 18.6. The summed E-state index contributed by atoms with van der Waals surface area (Å²) in [6.07, 6.45) is 3.59. The van der Waals surface area contributed by atoms with Crippen molar-refractivity contribution in [2.45, 2.75) is 12.8 Å². The molecule has 1 aromatic heterocycles. The largest absolute Gasteiger partial charge is 0.492 e. The van der Waals surface area contributed by atoms with E-state index in [1.54, 1.807) is 18.3 Å². The molecule has 1 amide bonds. The fourth-order valence-electron chi connectivity index (χ4n) is 3.85. The van der Waals surface area contributed by atoms with Crippen molar-refractivity contribution in [1.82, 2.24) is 10.3 Å². The van der Waals surface area contributed by atoms with Gasteiger partial charge in [-0.3, -0.25) is 9.52 Å². The maximum atomic E-state index is 12.0. The molecule has 2 atom stereocenters. The number of amidine groups is 1. The zero-order chi connectivity index (χ0) is 22.5. The van der Waals surface area contributed by atoms with Gasteiger partial charge in [0.05, 0.1) is 30.0 Å². The molecule has 0 bridgehead atoms. The maximum absolute atomic E-state index is 12.0. The van der Waals surface area contributed by atoms with Crippen molar-refractivity contribution in [3.63, 3.8) is 0 Å². The number of pyridine rings is 1. The summed E-state index contributed by atoms with van der Waals surface area (Å²) >= 11 is -1.57. The Bertz CT molecular complexity index is 1030. The van der Waals surface area contributed by atoms with Crippen LogP contribution in [0.2, 0.25) is 0 Å². The van der Waals surface area contributed by atoms with Crippen molar-refractivity contribution in [3.8, 4) is 5.75 Å². The smallest absolute Gasteiger partial charge is 0.252 e. The monoisotopic (exact) mass is 458 g/mol. The molecule has 2 aliphatic rings. The first-order chi connectivity index (χ1) is 15.5. The molecule has 0 radical (unpaired) electrons. The van der Waals surface area contributed by atoms with Gasteiger partial charge in [-0.25, -0.2) is 9.19 Å². The number of carbonyl (C=O) groups is 1. The van der Waals surface area contributed by atoms with E-state index in [1.165, 1.54) is 0 Å². The highest BCUT2D eigenvalue weighted by atomic mass is 32.2. The number of anilines is 2. The molecule has 5 N–H and O–H groups in total. The number of nitrogens with zero attached hydrogens (tertiary/aromatic N) is 3. The minimum absolute atomic E-state index is 0.102. The quantitative estimate of drug-likeness (QED) is 0.481. The second-order valence-electron chi connectivity index (χ2n) is 7.66. The molecule has 0 aliphatic carbocycles. The summed E-state index contributed by atoms with van der Waals surface area (Å²) in [7, 11) is 0. The third-order valence-electron chi connectivity index (χ3n) is 5.39. The van der Waals surface area contributed by atoms with E-state index in [0.717, 1.165) is 31.7 Å². The van der Waals surface area contributed by atoms with Gasteiger partial charge in [0.15, 0.2) is 0 Å². The molecule has 4 rings (SSSR count). The van der Waals surface area contributed by atoms with Crippen molar-refractivity contribution in [2.24, 2.45) is 16.0 Å². The molecule has 2 aromatic rings. The molecule has 1 fully saturated rings. The van der Waals surface area contributed by atoms with Crippen molar-refractivity contribution < 1.29 is 18.8 Å². The van der Waals surface area contributed by atoms with Gasteiger partial charge in [0, 0.05) is 31.7 Å². The number of aliphatic hydroxyl groups is 1. The normalized spacial score (nSPS) is 20.0. The minimum atomic E-state index is -1.57. The van der Waals surface area contributed by atoms with Crippen LogP contribution in [0.5, 0.6) is 5.75 Å². The van der Waals surface area contributed by atoms with E-state index in [-0.39, 0.29) is 30.8 Å². The first-order valence-electron chi connectivity index (χ1n) is 10.4. The molecule has 11 heteroatoms. The number of carbonyl (C=O) groups excluding carboxylic acids is 1. The summed E-state index contributed by atoms with van der Waals surface area (Å²) < 4.78 is 24.5. The van der Waals surface area contributed by atoms with E-state index >= 15 is 0 Å². The van der Waals surface area contributed by atoms with Gasteiger partial charge in [0.2, 0.25) is 11.2 Å². The van der Waals surface area contributed by atoms with E-state index in [1.807, 2.05) is 18.2 Å². The fraction of sp³-hybridized carbons (Fsp3) is 0.381. The molecule has 32 heavy (non-hydrogen) atoms. The predicted octanol–water partition coefficient (Wildman–Crippen LogP) is 0.809. The highest BCUT2D eigenvalue weighted by molar-refractivity contribution is 7.85. The number of aliphatic hydroxyl groups excluding tert-OH is 1. The Labute approximate surface area is 188 Å². The number of hydrogen-bond donors (Lipinski definition) is 4. The molecule has 170 valence electrons. The number of nitrogens with one attached hydrogen (secondary N) is 2. The van der Waals surface area contributed by atoms with Crippen molar-refractivity contribution in [2.75, 3.05) is 42.5 Å². The Morgan fingerprint density at radius 2 is 2.25 bits per heavy atom. The first-order valence-corrected chi connectivity index (χ1v) is 11.5. The number of ether oxygens (including phenoxy) is 1. The lowest BCUT2D eigenvalue weighted by Crippen LogP contribution is -2.38. The lowest BCUT2D eigenvalue weighted by Gasteiger charge is -2.33. The Balaban J connectivity index is 1.38. The van der Waals surface area contributed by atoms with Crippen LogP contribution in [-0.2, 0) is 11.2 Å². The van der Waals surface area contributed by atoms with Gasteiger partial charge in [0.1, 0.15) is 17.4 Å². The Hall–Kier alpha value is -3.18. The van der Waals surface area contributed by atoms with Crippen LogP contribution >= 0.6 is 0 Å². The van der Waals surface area contributed by atoms with Crippen LogP contribution in [0.25, 0.3) is 0 Å². The van der Waals surface area contributed by atoms with Gasteiger partial charge < -0.3 is 25.8 Å². The van der Waals surface area contributed by atoms with Crippen LogP contribution in [0.1, 0.15) is 28.8 Å². The van der Waals surface area contributed by atoms with Gasteiger partial charge >= 0.3 is 0 Å². The van der Waals surface area contributed by atoms with Crippen LogP contribution < -0.4 is 25.4 Å². The SMILES string of the molecule is NC1=NS(=O)Nc2cccc(OCC3CCCN(c4ccc(C(=O)NCCO)cn4)C3)c21. The highest BCUT2D eigenvalue weighted by Gasteiger charge is 2.24. The summed E-state index contributed by atoms with van der Waals surface area (Å²) in [5.74, 6) is 1.66. The molecule has 0 saturated carbocycles. The summed E-state index contributed by atoms with van der Waals surface area (Å²) in [6.45, 7) is 2.28. The number of amides is 1. The first kappa shape index (κ1) is 22.0. The van der Waals surface area contributed by atoms with E-state index < -0.39 is 11.2 Å². The second kappa shape index (κ2) is 9.96. The average molecular weight is 459 g/mol. The van der Waals surface area contributed by atoms with E-state index in [2.05, 4.69) is 24.3 Å². The second-order valence-corrected chi connectivity index (χ2v) is 8.54. The molecule has 0 spiro atoms. The zero-order valence-electron chi connectivity index (χ0n) is 17.5. The molecular formula is C21H26N6O4S. The highest BCUT2D eigenvalue weighted by Crippen LogP contribution is 2.30. The lowest BCUT2D eigenvalue weighted by atomic mass is 9.99. The van der Waals surface area contributed by atoms with E-state index in [0.29, 0.717) is 29.2 Å². The van der Waals surface area contributed by atoms with Crippen molar-refractivity contribution >= 4 is 34.4 Å². The Morgan fingerprint density at radius 1 is 1.38 bits per heavy atom. The average Bonchev–Trinajstić information content (AvgIpc) is 2.81. The van der Waals surface area contributed by atoms with Crippen LogP contribution in [0.15, 0.2) is 40.9 Å². The predicted molar refractivity (Wildman–Crippen MR) is 123 cm³/mol. The van der Waals surface area contributed by atoms with Gasteiger partial charge in [-0.1, -0.05) is 6.07 Å². The van der Waals surface area contributed by atoms with Gasteiger partial charge in [-0.05, 0) is 37.1 Å². The topological polar surface area (TPSA) is 142 Å². The van der Waals surface area contributed by atoms with Crippen molar-refractivity contribution in [3.05, 3.63) is 47.7 Å². The van der Waals surface area contributed by atoms with E-state index in [9.17, 15) is 9.00 Å². The number of fused-ring (bicyclic) bond motifs is 1. The van der Waals surface area contributed by atoms with Gasteiger partial charge in [-0.15, -0.1) is 0 Å². The number of hydrogen-bond acceptors (Lipinski definition) is 7. The van der Waals surface area contributed by atoms with Crippen LogP contribution in [-0.4, -0.2) is 58.9 Å². The number of benzene rings is 1. The fourth-order valence-corrected chi connectivity index (χ4v) is 4.52. The summed E-state index contributed by atoms with van der Waals surface area (Å²) in [5.41, 5.74) is 7.72. The lowest BCUT2D eigenvalue weighted by molar-refractivity contribution is 0.0944. The van der Waals surface area contributed by atoms with Crippen molar-refractivity contribution in [1.29, 1.82) is 0 Å². The Kier molecular flexibility index (Phi) is 6.86. The minimum Gasteiger partial charge on any atom is -0.492 e. The number of rotatable bonds is 7. The van der Waals surface area contributed by atoms with Gasteiger partial charge in [0.25, 0.3) is 5.91 Å².